The van der Waals surface area contributed by atoms with Gasteiger partial charge in [0.1, 0.15) is 12.4 Å². The quantitative estimate of drug-likeness (QED) is 0.163. The molecule has 208 valence electrons. The first-order valence-electron chi connectivity index (χ1n) is 12.8. The zero-order chi connectivity index (χ0) is 28.5. The smallest absolute Gasteiger partial charge is 0.338 e. The Kier molecular flexibility index (Phi) is 9.95. The van der Waals surface area contributed by atoms with E-state index in [1.807, 2.05) is 12.1 Å². The maximum absolute atomic E-state index is 13.2. The zero-order valence-corrected chi connectivity index (χ0v) is 23.5. The van der Waals surface area contributed by atoms with Gasteiger partial charge in [-0.2, -0.15) is 0 Å². The van der Waals surface area contributed by atoms with Crippen LogP contribution < -0.4 is 10.1 Å². The molecule has 0 amide bonds. The van der Waals surface area contributed by atoms with Gasteiger partial charge in [-0.25, -0.2) is 13.2 Å². The third kappa shape index (κ3) is 7.49. The Labute approximate surface area is 239 Å². The van der Waals surface area contributed by atoms with E-state index in [4.69, 9.17) is 21.1 Å². The van der Waals surface area contributed by atoms with Crippen LogP contribution in [0.4, 0.5) is 0 Å². The van der Waals surface area contributed by atoms with Crippen LogP contribution in [0.2, 0.25) is 5.02 Å². The van der Waals surface area contributed by atoms with Crippen LogP contribution in [0.1, 0.15) is 28.9 Å². The number of aliphatic hydroxyl groups excluding tert-OH is 1. The van der Waals surface area contributed by atoms with Crippen LogP contribution in [0.5, 0.6) is 5.75 Å². The number of hydrogen-bond donors (Lipinski definition) is 2. The molecule has 0 aliphatic rings. The maximum Gasteiger partial charge on any atom is 0.338 e. The molecule has 0 bridgehead atoms. The number of ether oxygens (including phenoxy) is 2. The van der Waals surface area contributed by atoms with E-state index in [2.05, 4.69) is 5.32 Å². The van der Waals surface area contributed by atoms with E-state index in [0.717, 1.165) is 16.7 Å². The van der Waals surface area contributed by atoms with Gasteiger partial charge in [0, 0.05) is 18.1 Å². The van der Waals surface area contributed by atoms with Crippen LogP contribution in [0.25, 0.3) is 11.1 Å². The molecular formula is C31H30ClNO6S. The van der Waals surface area contributed by atoms with Crippen molar-refractivity contribution in [3.63, 3.8) is 0 Å². The number of rotatable bonds is 12. The minimum absolute atomic E-state index is 0.152. The molecule has 4 aromatic rings. The first-order chi connectivity index (χ1) is 19.3. The second kappa shape index (κ2) is 13.6. The Hall–Kier alpha value is -3.69. The SMILES string of the molecule is CCOC(=O)c1cccc(-c2ccc(S(=O)(=O)c3ccc(OCCNC[C@H](O)c4cccc(Cl)c4)cc3)cc2)c1. The van der Waals surface area contributed by atoms with Crippen molar-refractivity contribution < 1.29 is 27.8 Å². The molecule has 0 unspecified atom stereocenters. The normalized spacial score (nSPS) is 12.1. The van der Waals surface area contributed by atoms with Gasteiger partial charge in [-0.15, -0.1) is 0 Å². The van der Waals surface area contributed by atoms with Crippen molar-refractivity contribution in [2.75, 3.05) is 26.3 Å². The second-order valence-electron chi connectivity index (χ2n) is 8.92. The summed E-state index contributed by atoms with van der Waals surface area (Å²) in [7, 11) is -3.73. The predicted molar refractivity (Wildman–Crippen MR) is 155 cm³/mol. The first kappa shape index (κ1) is 29.3. The average molecular weight is 580 g/mol. The summed E-state index contributed by atoms with van der Waals surface area (Å²) in [6, 6.07) is 26.9. The Balaban J connectivity index is 1.31. The number of halogens is 1. The molecule has 1 atom stereocenters. The van der Waals surface area contributed by atoms with Crippen LogP contribution in [0.15, 0.2) is 107 Å². The van der Waals surface area contributed by atoms with E-state index >= 15 is 0 Å². The fourth-order valence-electron chi connectivity index (χ4n) is 4.03. The van der Waals surface area contributed by atoms with Crippen LogP contribution >= 0.6 is 11.6 Å². The highest BCUT2D eigenvalue weighted by Gasteiger charge is 2.18. The number of esters is 1. The van der Waals surface area contributed by atoms with Crippen molar-refractivity contribution in [1.29, 1.82) is 0 Å². The Bertz CT molecular complexity index is 1540. The lowest BCUT2D eigenvalue weighted by Gasteiger charge is -2.13. The summed E-state index contributed by atoms with van der Waals surface area (Å²) in [5.41, 5.74) is 2.73. The van der Waals surface area contributed by atoms with E-state index in [0.29, 0.717) is 36.0 Å². The second-order valence-corrected chi connectivity index (χ2v) is 11.3. The fourth-order valence-corrected chi connectivity index (χ4v) is 5.49. The van der Waals surface area contributed by atoms with Gasteiger partial charge in [0.05, 0.1) is 28.1 Å². The molecular weight excluding hydrogens is 550 g/mol. The Morgan fingerprint density at radius 1 is 0.900 bits per heavy atom. The van der Waals surface area contributed by atoms with Gasteiger partial charge in [-0.3, -0.25) is 0 Å². The standard InChI is InChI=1S/C31H30ClNO6S/c1-2-38-31(35)25-7-3-5-23(19-25)22-9-13-28(14-10-22)40(36,37)29-15-11-27(12-16-29)39-18-17-33-21-30(34)24-6-4-8-26(32)20-24/h3-16,19-20,30,33-34H,2,17-18,21H2,1H3/t30-/m0/s1. The number of aliphatic hydroxyl groups is 1. The van der Waals surface area contributed by atoms with E-state index in [9.17, 15) is 18.3 Å². The van der Waals surface area contributed by atoms with Gasteiger partial charge in [0.15, 0.2) is 0 Å². The molecule has 0 radical (unpaired) electrons. The van der Waals surface area contributed by atoms with Crippen molar-refractivity contribution in [1.82, 2.24) is 5.32 Å². The minimum Gasteiger partial charge on any atom is -0.492 e. The summed E-state index contributed by atoms with van der Waals surface area (Å²) in [6.45, 7) is 3.21. The highest BCUT2D eigenvalue weighted by atomic mass is 35.5. The van der Waals surface area contributed by atoms with Crippen molar-refractivity contribution in [2.45, 2.75) is 22.8 Å². The molecule has 0 aliphatic heterocycles. The van der Waals surface area contributed by atoms with E-state index < -0.39 is 21.9 Å². The maximum atomic E-state index is 13.2. The van der Waals surface area contributed by atoms with Gasteiger partial charge >= 0.3 is 5.97 Å². The van der Waals surface area contributed by atoms with Crippen molar-refractivity contribution >= 4 is 27.4 Å². The molecule has 7 nitrogen and oxygen atoms in total. The van der Waals surface area contributed by atoms with Crippen LogP contribution in [0, 0.1) is 0 Å². The van der Waals surface area contributed by atoms with E-state index in [-0.39, 0.29) is 16.4 Å². The van der Waals surface area contributed by atoms with Gasteiger partial charge in [0.2, 0.25) is 9.84 Å². The summed E-state index contributed by atoms with van der Waals surface area (Å²) in [4.78, 5) is 12.4. The third-order valence-electron chi connectivity index (χ3n) is 6.12. The molecule has 4 rings (SSSR count). The molecule has 0 spiro atoms. The zero-order valence-electron chi connectivity index (χ0n) is 21.9. The number of carbonyl (C=O) groups excluding carboxylic acids is 1. The number of nitrogens with one attached hydrogen (secondary N) is 1. The lowest BCUT2D eigenvalue weighted by Crippen LogP contribution is -2.26. The highest BCUT2D eigenvalue weighted by Crippen LogP contribution is 2.27. The molecule has 0 aliphatic carbocycles. The van der Waals surface area contributed by atoms with Crippen molar-refractivity contribution in [2.24, 2.45) is 0 Å². The van der Waals surface area contributed by atoms with Gasteiger partial charge in [0.25, 0.3) is 0 Å². The van der Waals surface area contributed by atoms with E-state index in [1.54, 1.807) is 79.7 Å². The van der Waals surface area contributed by atoms with E-state index in [1.165, 1.54) is 12.1 Å². The predicted octanol–water partition coefficient (Wildman–Crippen LogP) is 5.72. The lowest BCUT2D eigenvalue weighted by molar-refractivity contribution is 0.0526. The largest absolute Gasteiger partial charge is 0.492 e. The molecule has 9 heteroatoms. The monoisotopic (exact) mass is 579 g/mol. The van der Waals surface area contributed by atoms with Gasteiger partial charge in [-0.1, -0.05) is 48.0 Å². The average Bonchev–Trinajstić information content (AvgIpc) is 2.97. The van der Waals surface area contributed by atoms with Crippen LogP contribution in [0.3, 0.4) is 0 Å². The molecule has 0 saturated heterocycles. The Morgan fingerprint density at radius 3 is 2.25 bits per heavy atom. The van der Waals surface area contributed by atoms with Gasteiger partial charge in [-0.05, 0) is 84.3 Å². The molecule has 0 fully saturated rings. The number of hydrogen-bond acceptors (Lipinski definition) is 7. The van der Waals surface area contributed by atoms with Crippen molar-refractivity contribution in [3.8, 4) is 16.9 Å². The molecule has 0 aromatic heterocycles. The van der Waals surface area contributed by atoms with Crippen LogP contribution in [-0.2, 0) is 14.6 Å². The number of benzene rings is 4. The lowest BCUT2D eigenvalue weighted by atomic mass is 10.0. The summed E-state index contributed by atoms with van der Waals surface area (Å²) < 4.78 is 37.1. The van der Waals surface area contributed by atoms with Crippen molar-refractivity contribution in [3.05, 3.63) is 113 Å². The highest BCUT2D eigenvalue weighted by molar-refractivity contribution is 7.91. The first-order valence-corrected chi connectivity index (χ1v) is 14.6. The fraction of sp³-hybridized carbons (Fsp3) is 0.194. The van der Waals surface area contributed by atoms with Crippen LogP contribution in [-0.4, -0.2) is 45.8 Å². The van der Waals surface area contributed by atoms with Gasteiger partial charge < -0.3 is 19.9 Å². The molecule has 0 saturated carbocycles. The summed E-state index contributed by atoms with van der Waals surface area (Å²) in [5, 5.41) is 13.9. The summed E-state index contributed by atoms with van der Waals surface area (Å²) >= 11 is 5.96. The molecule has 4 aromatic carbocycles. The number of carbonyl (C=O) groups is 1. The molecule has 2 N–H and O–H groups in total. The summed E-state index contributed by atoms with van der Waals surface area (Å²) in [6.07, 6.45) is -0.688. The minimum atomic E-state index is -3.73. The molecule has 40 heavy (non-hydrogen) atoms. The Morgan fingerprint density at radius 2 is 1.57 bits per heavy atom. The third-order valence-corrected chi connectivity index (χ3v) is 8.15. The topological polar surface area (TPSA) is 102 Å². The number of sulfone groups is 1. The summed E-state index contributed by atoms with van der Waals surface area (Å²) in [5.74, 6) is 0.132. The molecule has 0 heterocycles.